The molecule has 1 aromatic carbocycles. The zero-order valence-electron chi connectivity index (χ0n) is 20.0. The minimum Gasteiger partial charge on any atom is -0.378 e. The number of carbonyl (C=O) groups is 2. The lowest BCUT2D eigenvalue weighted by Crippen LogP contribution is -2.48. The summed E-state index contributed by atoms with van der Waals surface area (Å²) in [5.41, 5.74) is 6.46. The molecule has 194 valence electrons. The number of benzene rings is 1. The molecular formula is C22H30N8O5S. The van der Waals surface area contributed by atoms with Crippen LogP contribution in [0.4, 0.5) is 17.5 Å². The van der Waals surface area contributed by atoms with Gasteiger partial charge in [0.1, 0.15) is 0 Å². The molecule has 2 saturated heterocycles. The van der Waals surface area contributed by atoms with Gasteiger partial charge in [-0.05, 0) is 44.0 Å². The summed E-state index contributed by atoms with van der Waals surface area (Å²) >= 11 is 0. The zero-order valence-corrected chi connectivity index (χ0v) is 20.8. The van der Waals surface area contributed by atoms with Gasteiger partial charge >= 0.3 is 0 Å². The Labute approximate surface area is 209 Å². The Morgan fingerprint density at radius 3 is 2.53 bits per heavy atom. The molecule has 2 aliphatic heterocycles. The normalized spacial score (nSPS) is 18.6. The molecule has 1 atom stereocenters. The summed E-state index contributed by atoms with van der Waals surface area (Å²) in [6.07, 6.45) is 1.43. The molecule has 2 amide bonds. The van der Waals surface area contributed by atoms with E-state index in [0.29, 0.717) is 57.1 Å². The van der Waals surface area contributed by atoms with Crippen molar-refractivity contribution in [2.45, 2.75) is 25.8 Å². The molecule has 3 heterocycles. The largest absolute Gasteiger partial charge is 0.378 e. The van der Waals surface area contributed by atoms with Gasteiger partial charge in [0.15, 0.2) is 11.5 Å². The van der Waals surface area contributed by atoms with Crippen molar-refractivity contribution in [3.63, 3.8) is 0 Å². The number of primary amides is 1. The number of nitrogens with zero attached hydrogens (tertiary/aromatic N) is 5. The molecule has 0 unspecified atom stereocenters. The predicted octanol–water partition coefficient (Wildman–Crippen LogP) is 0.0946. The van der Waals surface area contributed by atoms with E-state index in [4.69, 9.17) is 10.5 Å². The third-order valence-corrected chi connectivity index (χ3v) is 7.48. The molecule has 0 bridgehead atoms. The topological polar surface area (TPSA) is 173 Å². The number of nitrogens with two attached hydrogens (primary N) is 1. The Bertz CT molecular complexity index is 1200. The van der Waals surface area contributed by atoms with Crippen molar-refractivity contribution in [1.82, 2.24) is 24.8 Å². The highest BCUT2D eigenvalue weighted by molar-refractivity contribution is 7.89. The highest BCUT2D eigenvalue weighted by atomic mass is 32.2. The first-order valence-corrected chi connectivity index (χ1v) is 13.4. The second kappa shape index (κ2) is 11.1. The molecule has 36 heavy (non-hydrogen) atoms. The number of hydrogen-bond donors (Lipinski definition) is 3. The monoisotopic (exact) mass is 518 g/mol. The van der Waals surface area contributed by atoms with Crippen LogP contribution in [0.25, 0.3) is 0 Å². The third-order valence-electron chi connectivity index (χ3n) is 6.03. The summed E-state index contributed by atoms with van der Waals surface area (Å²) in [6.45, 7) is 4.70. The van der Waals surface area contributed by atoms with Crippen LogP contribution in [0.2, 0.25) is 0 Å². The molecule has 0 radical (unpaired) electrons. The van der Waals surface area contributed by atoms with Crippen LogP contribution in [-0.2, 0) is 14.8 Å². The van der Waals surface area contributed by atoms with Crippen LogP contribution >= 0.6 is 0 Å². The summed E-state index contributed by atoms with van der Waals surface area (Å²) in [5.74, 6) is -0.500. The smallest absolute Gasteiger partial charge is 0.273 e. The number of ether oxygens (including phenoxy) is 1. The van der Waals surface area contributed by atoms with Crippen LogP contribution in [0.5, 0.6) is 0 Å². The molecule has 14 heteroatoms. The molecule has 2 fully saturated rings. The van der Waals surface area contributed by atoms with Crippen LogP contribution in [0, 0.1) is 0 Å². The Balaban J connectivity index is 1.50. The number of amides is 2. The van der Waals surface area contributed by atoms with E-state index in [1.165, 1.54) is 0 Å². The van der Waals surface area contributed by atoms with Gasteiger partial charge in [-0.25, -0.2) is 13.1 Å². The first-order valence-electron chi connectivity index (χ1n) is 11.8. The molecular weight excluding hydrogens is 488 g/mol. The van der Waals surface area contributed by atoms with Gasteiger partial charge in [-0.1, -0.05) is 0 Å². The number of aromatic nitrogens is 3. The molecule has 0 spiro atoms. The molecule has 4 N–H and O–H groups in total. The lowest BCUT2D eigenvalue weighted by atomic mass is 10.1. The maximum absolute atomic E-state index is 12.7. The van der Waals surface area contributed by atoms with Gasteiger partial charge in [0.25, 0.3) is 11.8 Å². The lowest BCUT2D eigenvalue weighted by molar-refractivity contribution is 0.0303. The van der Waals surface area contributed by atoms with Crippen molar-refractivity contribution < 1.29 is 22.7 Å². The fraction of sp³-hybridized carbons (Fsp3) is 0.500. The van der Waals surface area contributed by atoms with Crippen molar-refractivity contribution in [1.29, 1.82) is 0 Å². The summed E-state index contributed by atoms with van der Waals surface area (Å²) in [7, 11) is -3.35. The van der Waals surface area contributed by atoms with Crippen LogP contribution < -0.4 is 20.7 Å². The van der Waals surface area contributed by atoms with Crippen molar-refractivity contribution >= 4 is 39.3 Å². The molecule has 13 nitrogen and oxygen atoms in total. The molecule has 2 aromatic rings. The number of nitrogens with one attached hydrogen (secondary N) is 2. The van der Waals surface area contributed by atoms with E-state index in [1.54, 1.807) is 36.1 Å². The van der Waals surface area contributed by atoms with E-state index in [0.717, 1.165) is 6.42 Å². The highest BCUT2D eigenvalue weighted by Crippen LogP contribution is 2.22. The quantitative estimate of drug-likeness (QED) is 0.435. The van der Waals surface area contributed by atoms with Gasteiger partial charge in [-0.2, -0.15) is 4.98 Å². The first-order chi connectivity index (χ1) is 17.3. The van der Waals surface area contributed by atoms with Crippen molar-refractivity contribution in [3.8, 4) is 0 Å². The lowest BCUT2D eigenvalue weighted by Gasteiger charge is -2.32. The number of hydrogen-bond acceptors (Lipinski definition) is 10. The van der Waals surface area contributed by atoms with Crippen molar-refractivity contribution in [2.75, 3.05) is 55.4 Å². The Kier molecular flexibility index (Phi) is 7.96. The highest BCUT2D eigenvalue weighted by Gasteiger charge is 2.26. The molecule has 1 aromatic heterocycles. The van der Waals surface area contributed by atoms with E-state index >= 15 is 0 Å². The van der Waals surface area contributed by atoms with E-state index in [1.807, 2.05) is 4.90 Å². The average molecular weight is 519 g/mol. The van der Waals surface area contributed by atoms with Gasteiger partial charge in [-0.15, -0.1) is 10.2 Å². The summed E-state index contributed by atoms with van der Waals surface area (Å²) in [4.78, 5) is 32.7. The number of piperidine rings is 1. The SMILES string of the molecule is CCS(=O)(=O)N[C@@H]1CCCN(c2nnc(C(N)=O)c(Nc3ccc(C(=O)N4CCOCC4)cc3)n2)C1. The number of morpholine rings is 1. The maximum Gasteiger partial charge on any atom is 0.273 e. The van der Waals surface area contributed by atoms with Crippen LogP contribution in [0.15, 0.2) is 24.3 Å². The molecule has 0 saturated carbocycles. The Morgan fingerprint density at radius 2 is 1.86 bits per heavy atom. The number of anilines is 3. The van der Waals surface area contributed by atoms with Crippen molar-refractivity contribution in [2.24, 2.45) is 5.73 Å². The molecule has 2 aliphatic rings. The summed E-state index contributed by atoms with van der Waals surface area (Å²) in [6, 6.07) is 6.51. The van der Waals surface area contributed by atoms with E-state index < -0.39 is 15.9 Å². The fourth-order valence-electron chi connectivity index (χ4n) is 4.08. The fourth-order valence-corrected chi connectivity index (χ4v) is 4.95. The van der Waals surface area contributed by atoms with Gasteiger partial charge in [0.2, 0.25) is 16.0 Å². The van der Waals surface area contributed by atoms with E-state index in [-0.39, 0.29) is 35.2 Å². The van der Waals surface area contributed by atoms with Crippen LogP contribution in [-0.4, -0.2) is 91.5 Å². The van der Waals surface area contributed by atoms with Gasteiger partial charge in [0.05, 0.1) is 19.0 Å². The number of carbonyl (C=O) groups excluding carboxylic acids is 2. The number of sulfonamides is 1. The minimum absolute atomic E-state index is 0.000232. The Morgan fingerprint density at radius 1 is 1.14 bits per heavy atom. The van der Waals surface area contributed by atoms with Gasteiger partial charge < -0.3 is 25.6 Å². The maximum atomic E-state index is 12.7. The summed E-state index contributed by atoms with van der Waals surface area (Å²) in [5, 5.41) is 11.1. The van der Waals surface area contributed by atoms with Gasteiger partial charge in [-0.3, -0.25) is 9.59 Å². The Hall–Kier alpha value is -3.36. The second-order valence-corrected chi connectivity index (χ2v) is 10.6. The van der Waals surface area contributed by atoms with E-state index in [2.05, 4.69) is 25.2 Å². The average Bonchev–Trinajstić information content (AvgIpc) is 2.89. The standard InChI is InChI=1S/C22H30N8O5S/c1-2-36(33,34)28-17-4-3-9-30(14-17)22-25-20(18(19(23)31)26-27-22)24-16-7-5-15(6-8-16)21(32)29-10-12-35-13-11-29/h5-8,17,28H,2-4,9-14H2,1H3,(H2,23,31)(H,24,25,27)/t17-/m1/s1. The molecule has 4 rings (SSSR count). The first kappa shape index (κ1) is 25.7. The predicted molar refractivity (Wildman–Crippen MR) is 133 cm³/mol. The van der Waals surface area contributed by atoms with E-state index in [9.17, 15) is 18.0 Å². The summed E-state index contributed by atoms with van der Waals surface area (Å²) < 4.78 is 31.9. The van der Waals surface area contributed by atoms with Crippen LogP contribution in [0.1, 0.15) is 40.6 Å². The second-order valence-electron chi connectivity index (χ2n) is 8.59. The zero-order chi connectivity index (χ0) is 25.7. The number of rotatable bonds is 8. The van der Waals surface area contributed by atoms with Crippen LogP contribution in [0.3, 0.4) is 0 Å². The molecule has 0 aliphatic carbocycles. The van der Waals surface area contributed by atoms with Gasteiger partial charge in [0, 0.05) is 43.5 Å². The van der Waals surface area contributed by atoms with Crippen molar-refractivity contribution in [3.05, 3.63) is 35.5 Å². The third kappa shape index (κ3) is 6.25. The minimum atomic E-state index is -3.35.